The second-order valence-electron chi connectivity index (χ2n) is 6.19. The van der Waals surface area contributed by atoms with Crippen LogP contribution in [0.2, 0.25) is 0 Å². The number of aromatic amines is 1. The van der Waals surface area contributed by atoms with Gasteiger partial charge in [-0.05, 0) is 49.7 Å². The van der Waals surface area contributed by atoms with Crippen LogP contribution in [0.4, 0.5) is 0 Å². The Hall–Kier alpha value is -2.60. The molecular formula is C19H23N3O3. The van der Waals surface area contributed by atoms with E-state index in [1.165, 1.54) is 31.2 Å². The van der Waals surface area contributed by atoms with Gasteiger partial charge in [0, 0.05) is 18.8 Å². The summed E-state index contributed by atoms with van der Waals surface area (Å²) >= 11 is 0. The van der Waals surface area contributed by atoms with Gasteiger partial charge in [-0.25, -0.2) is 0 Å². The topological polar surface area (TPSA) is 74.4 Å². The van der Waals surface area contributed by atoms with Crippen LogP contribution in [0.5, 0.6) is 5.75 Å². The molecule has 0 bridgehead atoms. The van der Waals surface area contributed by atoms with Gasteiger partial charge in [0.05, 0.1) is 18.7 Å². The minimum absolute atomic E-state index is 0.101. The van der Waals surface area contributed by atoms with E-state index in [9.17, 15) is 9.59 Å². The van der Waals surface area contributed by atoms with Gasteiger partial charge in [-0.3, -0.25) is 14.5 Å². The number of carbonyl (C=O) groups is 1. The molecule has 0 spiro atoms. The predicted molar refractivity (Wildman–Crippen MR) is 95.9 cm³/mol. The van der Waals surface area contributed by atoms with Gasteiger partial charge < -0.3 is 15.0 Å². The molecule has 1 unspecified atom stereocenters. The molecule has 1 amide bonds. The molecule has 2 aromatic rings. The first-order valence-electron chi connectivity index (χ1n) is 8.52. The normalized spacial score (nSPS) is 15.7. The van der Waals surface area contributed by atoms with Crippen LogP contribution in [0.1, 0.15) is 34.8 Å². The van der Waals surface area contributed by atoms with Gasteiger partial charge in [0.15, 0.2) is 0 Å². The quantitative estimate of drug-likeness (QED) is 0.842. The number of H-pyrrole nitrogens is 1. The number of hydrogen-bond donors (Lipinski definition) is 2. The van der Waals surface area contributed by atoms with Crippen molar-refractivity contribution in [2.24, 2.45) is 0 Å². The molecule has 6 nitrogen and oxygen atoms in total. The van der Waals surface area contributed by atoms with Crippen molar-refractivity contribution in [3.8, 4) is 5.75 Å². The highest BCUT2D eigenvalue weighted by Crippen LogP contribution is 2.27. The Morgan fingerprint density at radius 1 is 1.28 bits per heavy atom. The van der Waals surface area contributed by atoms with Crippen molar-refractivity contribution >= 4 is 5.91 Å². The van der Waals surface area contributed by atoms with E-state index in [2.05, 4.69) is 21.3 Å². The first-order chi connectivity index (χ1) is 12.2. The zero-order valence-electron chi connectivity index (χ0n) is 14.3. The lowest BCUT2D eigenvalue weighted by Crippen LogP contribution is -2.37. The minimum Gasteiger partial charge on any atom is -0.497 e. The second-order valence-corrected chi connectivity index (χ2v) is 6.19. The van der Waals surface area contributed by atoms with Gasteiger partial charge in [0.1, 0.15) is 5.75 Å². The van der Waals surface area contributed by atoms with Crippen LogP contribution in [0.25, 0.3) is 0 Å². The highest BCUT2D eigenvalue weighted by Gasteiger charge is 2.24. The Labute approximate surface area is 146 Å². The van der Waals surface area contributed by atoms with Crippen molar-refractivity contribution < 1.29 is 9.53 Å². The van der Waals surface area contributed by atoms with Gasteiger partial charge in [-0.1, -0.05) is 12.1 Å². The molecule has 6 heteroatoms. The fourth-order valence-corrected chi connectivity index (χ4v) is 3.20. The first-order valence-corrected chi connectivity index (χ1v) is 8.52. The van der Waals surface area contributed by atoms with Gasteiger partial charge in [0.2, 0.25) is 5.56 Å². The molecule has 0 aliphatic carbocycles. The van der Waals surface area contributed by atoms with E-state index in [0.29, 0.717) is 12.1 Å². The van der Waals surface area contributed by atoms with E-state index >= 15 is 0 Å². The number of likely N-dealkylation sites (tertiary alicyclic amines) is 1. The van der Waals surface area contributed by atoms with Crippen LogP contribution >= 0.6 is 0 Å². The van der Waals surface area contributed by atoms with Crippen LogP contribution in [0.3, 0.4) is 0 Å². The van der Waals surface area contributed by atoms with Crippen molar-refractivity contribution in [1.82, 2.24) is 15.2 Å². The summed E-state index contributed by atoms with van der Waals surface area (Å²) < 4.78 is 5.33. The number of benzene rings is 1. The molecule has 2 heterocycles. The van der Waals surface area contributed by atoms with Gasteiger partial charge in [-0.15, -0.1) is 0 Å². The summed E-state index contributed by atoms with van der Waals surface area (Å²) in [6, 6.07) is 11.0. The zero-order chi connectivity index (χ0) is 17.6. The molecule has 1 saturated heterocycles. The third-order valence-corrected chi connectivity index (χ3v) is 4.56. The third kappa shape index (κ3) is 4.28. The van der Waals surface area contributed by atoms with E-state index in [-0.39, 0.29) is 17.5 Å². The average Bonchev–Trinajstić information content (AvgIpc) is 3.17. The predicted octanol–water partition coefficient (Wildman–Crippen LogP) is 1.95. The van der Waals surface area contributed by atoms with Crippen molar-refractivity contribution in [1.29, 1.82) is 0 Å². The van der Waals surface area contributed by atoms with Crippen molar-refractivity contribution in [2.75, 3.05) is 26.7 Å². The molecular weight excluding hydrogens is 318 g/mol. The number of nitrogens with zero attached hydrogens (tertiary/aromatic N) is 1. The van der Waals surface area contributed by atoms with Crippen LogP contribution in [-0.2, 0) is 0 Å². The number of nitrogens with one attached hydrogen (secondary N) is 2. The summed E-state index contributed by atoms with van der Waals surface area (Å²) in [6.07, 6.45) is 3.79. The molecule has 1 aliphatic rings. The molecule has 0 radical (unpaired) electrons. The molecule has 0 saturated carbocycles. The summed E-state index contributed by atoms with van der Waals surface area (Å²) in [4.78, 5) is 28.4. The number of pyridine rings is 1. The smallest absolute Gasteiger partial charge is 0.252 e. The highest BCUT2D eigenvalue weighted by atomic mass is 16.5. The summed E-state index contributed by atoms with van der Waals surface area (Å²) in [5.74, 6) is 0.622. The maximum absolute atomic E-state index is 12.4. The number of amides is 1. The van der Waals surface area contributed by atoms with E-state index in [4.69, 9.17) is 4.74 Å². The molecule has 3 rings (SSSR count). The lowest BCUT2D eigenvalue weighted by molar-refractivity contribution is 0.0937. The van der Waals surface area contributed by atoms with Crippen molar-refractivity contribution in [2.45, 2.75) is 18.9 Å². The number of aromatic nitrogens is 1. The summed E-state index contributed by atoms with van der Waals surface area (Å²) in [7, 11) is 1.65. The Bertz CT molecular complexity index is 761. The van der Waals surface area contributed by atoms with Crippen LogP contribution in [0, 0.1) is 0 Å². The monoisotopic (exact) mass is 341 g/mol. The molecule has 1 fully saturated rings. The Balaban J connectivity index is 1.74. The largest absolute Gasteiger partial charge is 0.497 e. The molecule has 1 aliphatic heterocycles. The molecule has 1 aromatic carbocycles. The fourth-order valence-electron chi connectivity index (χ4n) is 3.20. The maximum atomic E-state index is 12.4. The lowest BCUT2D eigenvalue weighted by Gasteiger charge is -2.28. The van der Waals surface area contributed by atoms with Crippen LogP contribution in [-0.4, -0.2) is 42.5 Å². The van der Waals surface area contributed by atoms with E-state index in [1.54, 1.807) is 7.11 Å². The fraction of sp³-hybridized carbons (Fsp3) is 0.368. The molecule has 2 N–H and O–H groups in total. The molecule has 132 valence electrons. The van der Waals surface area contributed by atoms with Crippen LogP contribution in [0.15, 0.2) is 47.4 Å². The standard InChI is InChI=1S/C19H23N3O3/c1-25-16-6-4-5-14(11-16)17(22-9-2-3-10-22)13-21-19(24)15-7-8-18(23)20-12-15/h4-8,11-12,17H,2-3,9-10,13H2,1H3,(H,20,23)(H,21,24). The average molecular weight is 341 g/mol. The zero-order valence-corrected chi connectivity index (χ0v) is 14.3. The number of methoxy groups -OCH3 is 1. The molecule has 25 heavy (non-hydrogen) atoms. The Morgan fingerprint density at radius 3 is 2.76 bits per heavy atom. The van der Waals surface area contributed by atoms with E-state index < -0.39 is 0 Å². The van der Waals surface area contributed by atoms with Gasteiger partial charge in [-0.2, -0.15) is 0 Å². The molecule has 1 aromatic heterocycles. The minimum atomic E-state index is -0.220. The van der Waals surface area contributed by atoms with Crippen molar-refractivity contribution in [3.63, 3.8) is 0 Å². The van der Waals surface area contributed by atoms with Gasteiger partial charge in [0.25, 0.3) is 5.91 Å². The molecule has 1 atom stereocenters. The first kappa shape index (κ1) is 17.2. The number of carbonyl (C=O) groups excluding carboxylic acids is 1. The summed E-state index contributed by atoms with van der Waals surface area (Å²) in [5.41, 5.74) is 1.36. The van der Waals surface area contributed by atoms with E-state index in [1.807, 2.05) is 18.2 Å². The highest BCUT2D eigenvalue weighted by molar-refractivity contribution is 5.93. The van der Waals surface area contributed by atoms with Crippen LogP contribution < -0.4 is 15.6 Å². The SMILES string of the molecule is COc1cccc(C(CNC(=O)c2ccc(=O)[nH]c2)N2CCCC2)c1. The summed E-state index contributed by atoms with van der Waals surface area (Å²) in [6.45, 7) is 2.55. The number of rotatable bonds is 6. The number of hydrogen-bond acceptors (Lipinski definition) is 4. The lowest BCUT2D eigenvalue weighted by atomic mass is 10.0. The Morgan fingerprint density at radius 2 is 2.08 bits per heavy atom. The second kappa shape index (κ2) is 7.98. The Kier molecular flexibility index (Phi) is 5.50. The number of ether oxygens (including phenoxy) is 1. The maximum Gasteiger partial charge on any atom is 0.252 e. The van der Waals surface area contributed by atoms with Gasteiger partial charge >= 0.3 is 0 Å². The summed E-state index contributed by atoms with van der Waals surface area (Å²) in [5, 5.41) is 2.99. The third-order valence-electron chi connectivity index (χ3n) is 4.56. The van der Waals surface area contributed by atoms with E-state index in [0.717, 1.165) is 24.4 Å². The van der Waals surface area contributed by atoms with Crippen molar-refractivity contribution in [3.05, 3.63) is 64.1 Å².